The van der Waals surface area contributed by atoms with Crippen LogP contribution in [0.25, 0.3) is 0 Å². The molecule has 0 aliphatic carbocycles. The van der Waals surface area contributed by atoms with Crippen molar-refractivity contribution in [3.8, 4) is 0 Å². The first-order chi connectivity index (χ1) is 33.5. The third kappa shape index (κ3) is 53.4. The Labute approximate surface area is 424 Å². The Bertz CT molecular complexity index is 1100. The van der Waals surface area contributed by atoms with Crippen LogP contribution in [0.5, 0.6) is 0 Å². The lowest BCUT2D eigenvalue weighted by molar-refractivity contribution is -0.143. The zero-order valence-corrected chi connectivity index (χ0v) is 45.6. The van der Waals surface area contributed by atoms with Gasteiger partial charge in [-0.25, -0.2) is 0 Å². The topological polar surface area (TPSA) is 95.9 Å². The van der Waals surface area contributed by atoms with E-state index in [0.717, 1.165) is 44.9 Å². The quantitative estimate of drug-likeness (QED) is 0.0321. The second kappa shape index (κ2) is 57.7. The van der Waals surface area contributed by atoms with E-state index in [0.29, 0.717) is 19.4 Å². The first-order valence-electron chi connectivity index (χ1n) is 30.3. The second-order valence-corrected chi connectivity index (χ2v) is 20.7. The molecule has 6 heteroatoms. The van der Waals surface area contributed by atoms with Gasteiger partial charge < -0.3 is 20.3 Å². The highest BCUT2D eigenvalue weighted by Crippen LogP contribution is 2.17. The maximum atomic E-state index is 12.4. The molecule has 2 atom stereocenters. The average molecular weight is 957 g/mol. The van der Waals surface area contributed by atoms with Crippen molar-refractivity contribution in [2.75, 3.05) is 13.2 Å². The van der Waals surface area contributed by atoms with Crippen LogP contribution in [0.3, 0.4) is 0 Å². The summed E-state index contributed by atoms with van der Waals surface area (Å²) in [6.45, 7) is 4.89. The van der Waals surface area contributed by atoms with E-state index in [-0.39, 0.29) is 18.5 Å². The number of amides is 1. The third-order valence-electron chi connectivity index (χ3n) is 13.9. The minimum atomic E-state index is -0.843. The largest absolute Gasteiger partial charge is 0.466 e. The number of carbonyl (C=O) groups excluding carboxylic acids is 2. The highest BCUT2D eigenvalue weighted by molar-refractivity contribution is 5.76. The van der Waals surface area contributed by atoms with E-state index in [1.807, 2.05) is 6.08 Å². The SMILES string of the molecule is CCCCCCCCCC/C=C/C(O)C(CO)NC(=O)CCCCCCCCCCCCCCC/C=C\C/C=C\CCCCCCCCCCCOC(=O)CCCCCCCCCCCCCC. The molecule has 0 saturated carbocycles. The van der Waals surface area contributed by atoms with Gasteiger partial charge in [-0.05, 0) is 64.2 Å². The summed E-state index contributed by atoms with van der Waals surface area (Å²) in [5.74, 6) is -0.0585. The number of carbonyl (C=O) groups is 2. The van der Waals surface area contributed by atoms with Crippen LogP contribution < -0.4 is 5.32 Å². The standard InChI is InChI=1S/C62H117NO5/c1-3-5-7-9-11-13-15-36-40-44-48-52-56-62(67)68-57-53-49-45-41-37-34-32-30-28-26-24-22-20-18-16-17-19-21-23-25-27-29-31-33-35-39-43-47-51-55-61(66)63-59(58-64)60(65)54-50-46-42-38-14-12-10-8-6-4-2/h16,18,22,24,50,54,59-60,64-65H,3-15,17,19-21,23,25-49,51-53,55-58H2,1-2H3,(H,63,66)/b18-16-,24-22-,54-50+. The molecule has 0 aliphatic rings. The monoisotopic (exact) mass is 956 g/mol. The van der Waals surface area contributed by atoms with E-state index in [9.17, 15) is 19.8 Å². The molecule has 0 aliphatic heterocycles. The van der Waals surface area contributed by atoms with Gasteiger partial charge in [0.25, 0.3) is 0 Å². The zero-order valence-electron chi connectivity index (χ0n) is 45.6. The molecule has 400 valence electrons. The van der Waals surface area contributed by atoms with Gasteiger partial charge in [0.2, 0.25) is 5.91 Å². The third-order valence-corrected chi connectivity index (χ3v) is 13.9. The Kier molecular flexibility index (Phi) is 56.0. The van der Waals surface area contributed by atoms with E-state index in [1.54, 1.807) is 6.08 Å². The minimum absolute atomic E-state index is 0.0121. The molecular weight excluding hydrogens is 839 g/mol. The number of esters is 1. The predicted octanol–water partition coefficient (Wildman–Crippen LogP) is 18.8. The van der Waals surface area contributed by atoms with Crippen molar-refractivity contribution >= 4 is 11.9 Å². The van der Waals surface area contributed by atoms with Gasteiger partial charge in [-0.2, -0.15) is 0 Å². The fraction of sp³-hybridized carbons (Fsp3) is 0.871. The van der Waals surface area contributed by atoms with E-state index < -0.39 is 12.1 Å². The second-order valence-electron chi connectivity index (χ2n) is 20.7. The molecule has 0 saturated heterocycles. The average Bonchev–Trinajstić information content (AvgIpc) is 3.34. The number of hydrogen-bond donors (Lipinski definition) is 3. The van der Waals surface area contributed by atoms with Crippen LogP contribution >= 0.6 is 0 Å². The van der Waals surface area contributed by atoms with Crippen LogP contribution in [0.2, 0.25) is 0 Å². The Balaban J connectivity index is 3.40. The van der Waals surface area contributed by atoms with E-state index in [1.165, 1.54) is 250 Å². The molecule has 0 heterocycles. The van der Waals surface area contributed by atoms with Gasteiger partial charge in [-0.15, -0.1) is 0 Å². The van der Waals surface area contributed by atoms with Gasteiger partial charge in [0, 0.05) is 12.8 Å². The molecule has 3 N–H and O–H groups in total. The maximum absolute atomic E-state index is 12.4. The van der Waals surface area contributed by atoms with Gasteiger partial charge in [0.15, 0.2) is 0 Å². The first kappa shape index (κ1) is 66.1. The molecule has 0 radical (unpaired) electrons. The van der Waals surface area contributed by atoms with Gasteiger partial charge in [0.1, 0.15) is 0 Å². The molecule has 1 amide bonds. The number of aliphatic hydroxyl groups excluding tert-OH is 2. The normalized spacial score (nSPS) is 12.8. The molecule has 0 spiro atoms. The number of aliphatic hydroxyl groups is 2. The summed E-state index contributed by atoms with van der Waals surface area (Å²) in [5.41, 5.74) is 0. The summed E-state index contributed by atoms with van der Waals surface area (Å²) < 4.78 is 5.47. The van der Waals surface area contributed by atoms with Crippen LogP contribution in [0.15, 0.2) is 36.5 Å². The molecule has 0 aromatic heterocycles. The van der Waals surface area contributed by atoms with Crippen LogP contribution in [0.4, 0.5) is 0 Å². The van der Waals surface area contributed by atoms with Crippen molar-refractivity contribution in [2.24, 2.45) is 0 Å². The van der Waals surface area contributed by atoms with Crippen LogP contribution in [0, 0.1) is 0 Å². The highest BCUT2D eigenvalue weighted by atomic mass is 16.5. The molecule has 0 rings (SSSR count). The summed E-state index contributed by atoms with van der Waals surface area (Å²) >= 11 is 0. The van der Waals surface area contributed by atoms with Crippen molar-refractivity contribution in [1.29, 1.82) is 0 Å². The number of rotatable bonds is 56. The first-order valence-corrected chi connectivity index (χ1v) is 30.3. The molecule has 2 unspecified atom stereocenters. The molecular formula is C62H117NO5. The molecule has 0 aromatic carbocycles. The van der Waals surface area contributed by atoms with Gasteiger partial charge in [-0.1, -0.05) is 281 Å². The predicted molar refractivity (Wildman–Crippen MR) is 296 cm³/mol. The summed E-state index contributed by atoms with van der Waals surface area (Å²) in [7, 11) is 0. The van der Waals surface area contributed by atoms with Crippen molar-refractivity contribution in [3.05, 3.63) is 36.5 Å². The fourth-order valence-electron chi connectivity index (χ4n) is 9.25. The lowest BCUT2D eigenvalue weighted by atomic mass is 10.0. The fourth-order valence-corrected chi connectivity index (χ4v) is 9.25. The van der Waals surface area contributed by atoms with Crippen LogP contribution in [-0.4, -0.2) is 47.4 Å². The zero-order chi connectivity index (χ0) is 49.3. The smallest absolute Gasteiger partial charge is 0.305 e. The van der Waals surface area contributed by atoms with E-state index >= 15 is 0 Å². The van der Waals surface area contributed by atoms with E-state index in [4.69, 9.17) is 4.74 Å². The number of allylic oxidation sites excluding steroid dienone is 5. The molecule has 0 bridgehead atoms. The molecule has 0 aromatic rings. The van der Waals surface area contributed by atoms with Crippen molar-refractivity contribution < 1.29 is 24.5 Å². The number of nitrogens with one attached hydrogen (secondary N) is 1. The van der Waals surface area contributed by atoms with Gasteiger partial charge in [-0.3, -0.25) is 9.59 Å². The molecule has 0 fully saturated rings. The maximum Gasteiger partial charge on any atom is 0.305 e. The summed E-state index contributed by atoms with van der Waals surface area (Å²) in [6.07, 6.45) is 71.9. The summed E-state index contributed by atoms with van der Waals surface area (Å²) in [5, 5.41) is 23.0. The summed E-state index contributed by atoms with van der Waals surface area (Å²) in [6, 6.07) is -0.627. The molecule has 68 heavy (non-hydrogen) atoms. The van der Waals surface area contributed by atoms with Gasteiger partial charge in [0.05, 0.1) is 25.4 Å². The van der Waals surface area contributed by atoms with Crippen molar-refractivity contribution in [3.63, 3.8) is 0 Å². The highest BCUT2D eigenvalue weighted by Gasteiger charge is 2.18. The number of ether oxygens (including phenoxy) is 1. The Hall–Kier alpha value is -1.92. The van der Waals surface area contributed by atoms with Crippen molar-refractivity contribution in [1.82, 2.24) is 5.32 Å². The Morgan fingerprint density at radius 3 is 1.12 bits per heavy atom. The number of hydrogen-bond acceptors (Lipinski definition) is 5. The lowest BCUT2D eigenvalue weighted by Gasteiger charge is -2.20. The number of unbranched alkanes of at least 4 members (excludes halogenated alkanes) is 41. The van der Waals surface area contributed by atoms with Crippen molar-refractivity contribution in [2.45, 2.75) is 334 Å². The van der Waals surface area contributed by atoms with Crippen LogP contribution in [-0.2, 0) is 14.3 Å². The Morgan fingerprint density at radius 2 is 0.735 bits per heavy atom. The molecule has 6 nitrogen and oxygen atoms in total. The lowest BCUT2D eigenvalue weighted by Crippen LogP contribution is -2.45. The van der Waals surface area contributed by atoms with Crippen LogP contribution in [0.1, 0.15) is 322 Å². The van der Waals surface area contributed by atoms with E-state index in [2.05, 4.69) is 43.5 Å². The minimum Gasteiger partial charge on any atom is -0.466 e. The summed E-state index contributed by atoms with van der Waals surface area (Å²) in [4.78, 5) is 24.4. The Morgan fingerprint density at radius 1 is 0.412 bits per heavy atom. The van der Waals surface area contributed by atoms with Gasteiger partial charge >= 0.3 is 5.97 Å².